The maximum atomic E-state index is 12.1. The Morgan fingerprint density at radius 3 is 2.05 bits per heavy atom. The minimum absolute atomic E-state index is 0.0766. The van der Waals surface area contributed by atoms with Gasteiger partial charge < -0.3 is 4.74 Å². The Morgan fingerprint density at radius 1 is 1.05 bits per heavy atom. The van der Waals surface area contributed by atoms with Gasteiger partial charge in [-0.1, -0.05) is 53.7 Å². The Hall–Kier alpha value is -1.31. The highest BCUT2D eigenvalue weighted by Gasteiger charge is 2.25. The lowest BCUT2D eigenvalue weighted by atomic mass is 9.78. The summed E-state index contributed by atoms with van der Waals surface area (Å²) in [6.45, 7) is 15.1. The average Bonchev–Trinajstić information content (AvgIpc) is 2.26. The molecule has 0 N–H and O–H groups in total. The zero-order valence-corrected chi connectivity index (χ0v) is 13.3. The first-order valence-electron chi connectivity index (χ1n) is 6.89. The maximum absolute atomic E-state index is 12.1. The molecule has 1 rings (SSSR count). The molecule has 0 unspecified atom stereocenters. The van der Waals surface area contributed by atoms with Gasteiger partial charge in [0.2, 0.25) is 0 Å². The highest BCUT2D eigenvalue weighted by atomic mass is 16.5. The molecule has 0 atom stereocenters. The number of benzene rings is 1. The van der Waals surface area contributed by atoms with Crippen LogP contribution in [-0.4, -0.2) is 12.6 Å². The molecule has 0 aliphatic rings. The molecule has 2 nitrogen and oxygen atoms in total. The van der Waals surface area contributed by atoms with Crippen LogP contribution in [0.5, 0.6) is 0 Å². The number of esters is 1. The molecule has 1 aromatic carbocycles. The van der Waals surface area contributed by atoms with E-state index >= 15 is 0 Å². The van der Waals surface area contributed by atoms with Crippen molar-refractivity contribution < 1.29 is 9.53 Å². The molecule has 0 spiro atoms. The third kappa shape index (κ3) is 3.82. The molecule has 0 aromatic heterocycles. The van der Waals surface area contributed by atoms with Crippen LogP contribution < -0.4 is 0 Å². The Kier molecular flexibility index (Phi) is 4.44. The quantitative estimate of drug-likeness (QED) is 0.736. The summed E-state index contributed by atoms with van der Waals surface area (Å²) < 4.78 is 5.15. The summed E-state index contributed by atoms with van der Waals surface area (Å²) in [6, 6.07) is 6.08. The van der Waals surface area contributed by atoms with Crippen LogP contribution in [0.4, 0.5) is 0 Å². The summed E-state index contributed by atoms with van der Waals surface area (Å²) in [5.41, 5.74) is 2.97. The van der Waals surface area contributed by atoms with Crippen molar-refractivity contribution in [2.24, 2.45) is 0 Å². The lowest BCUT2D eigenvalue weighted by Crippen LogP contribution is -2.21. The van der Waals surface area contributed by atoms with Crippen molar-refractivity contribution in [1.29, 1.82) is 0 Å². The first-order chi connectivity index (χ1) is 8.57. The monoisotopic (exact) mass is 262 g/mol. The summed E-state index contributed by atoms with van der Waals surface area (Å²) in [5.74, 6) is -0.229. The van der Waals surface area contributed by atoms with Gasteiger partial charge in [-0.05, 0) is 34.9 Å². The molecule has 0 saturated heterocycles. The summed E-state index contributed by atoms with van der Waals surface area (Å²) in [5, 5.41) is 0. The smallest absolute Gasteiger partial charge is 0.338 e. The van der Waals surface area contributed by atoms with E-state index in [0.717, 1.165) is 5.56 Å². The predicted octanol–water partition coefficient (Wildman–Crippen LogP) is 4.46. The van der Waals surface area contributed by atoms with Crippen molar-refractivity contribution in [3.8, 4) is 0 Å². The Balaban J connectivity index is 3.38. The molecule has 0 radical (unpaired) electrons. The normalized spacial score (nSPS) is 12.4. The van der Waals surface area contributed by atoms with Gasteiger partial charge in [0.05, 0.1) is 12.2 Å². The van der Waals surface area contributed by atoms with Crippen LogP contribution in [0.3, 0.4) is 0 Å². The zero-order chi connectivity index (χ0) is 14.8. The van der Waals surface area contributed by atoms with E-state index in [9.17, 15) is 4.79 Å². The molecule has 106 valence electrons. The van der Waals surface area contributed by atoms with Gasteiger partial charge in [0.25, 0.3) is 0 Å². The van der Waals surface area contributed by atoms with Gasteiger partial charge in [-0.3, -0.25) is 0 Å². The van der Waals surface area contributed by atoms with Gasteiger partial charge >= 0.3 is 5.97 Å². The van der Waals surface area contributed by atoms with Gasteiger partial charge in [-0.2, -0.15) is 0 Å². The van der Waals surface area contributed by atoms with Crippen LogP contribution in [0.1, 0.15) is 70.0 Å². The number of carbonyl (C=O) groups excluding carboxylic acids is 1. The molecule has 2 heteroatoms. The number of carbonyl (C=O) groups is 1. The number of hydrogen-bond acceptors (Lipinski definition) is 2. The predicted molar refractivity (Wildman–Crippen MR) is 79.8 cm³/mol. The largest absolute Gasteiger partial charge is 0.462 e. The molecular weight excluding hydrogens is 236 g/mol. The molecular formula is C17H26O2. The topological polar surface area (TPSA) is 26.3 Å². The zero-order valence-electron chi connectivity index (χ0n) is 13.3. The Bertz CT molecular complexity index is 459. The van der Waals surface area contributed by atoms with Crippen molar-refractivity contribution in [3.63, 3.8) is 0 Å². The van der Waals surface area contributed by atoms with E-state index in [4.69, 9.17) is 4.74 Å². The van der Waals surface area contributed by atoms with Crippen molar-refractivity contribution in [2.75, 3.05) is 6.61 Å². The van der Waals surface area contributed by atoms with E-state index < -0.39 is 0 Å². The third-order valence-corrected chi connectivity index (χ3v) is 3.19. The second-order valence-electron chi connectivity index (χ2n) is 6.98. The van der Waals surface area contributed by atoms with Crippen molar-refractivity contribution >= 4 is 5.97 Å². The summed E-state index contributed by atoms with van der Waals surface area (Å²) in [4.78, 5) is 12.1. The van der Waals surface area contributed by atoms with Crippen LogP contribution >= 0.6 is 0 Å². The van der Waals surface area contributed by atoms with Gasteiger partial charge in [-0.25, -0.2) is 4.79 Å². The van der Waals surface area contributed by atoms with Gasteiger partial charge in [0.1, 0.15) is 0 Å². The fourth-order valence-corrected chi connectivity index (χ4v) is 2.02. The second kappa shape index (κ2) is 5.36. The lowest BCUT2D eigenvalue weighted by Gasteiger charge is -2.26. The Morgan fingerprint density at radius 2 is 1.63 bits per heavy atom. The summed E-state index contributed by atoms with van der Waals surface area (Å²) >= 11 is 0. The third-order valence-electron chi connectivity index (χ3n) is 3.19. The first-order valence-corrected chi connectivity index (χ1v) is 6.89. The number of rotatable bonds is 2. The average molecular weight is 262 g/mol. The molecule has 0 aliphatic carbocycles. The van der Waals surface area contributed by atoms with E-state index in [1.165, 1.54) is 5.56 Å². The highest BCUT2D eigenvalue weighted by molar-refractivity contribution is 5.91. The van der Waals surface area contributed by atoms with Crippen LogP contribution in [0, 0.1) is 0 Å². The minimum atomic E-state index is -0.229. The van der Waals surface area contributed by atoms with Crippen molar-refractivity contribution in [3.05, 3.63) is 34.9 Å². The molecule has 0 saturated carbocycles. The number of ether oxygens (including phenoxy) is 1. The highest BCUT2D eigenvalue weighted by Crippen LogP contribution is 2.31. The molecule has 0 heterocycles. The molecule has 0 aliphatic heterocycles. The fraction of sp³-hybridized carbons (Fsp3) is 0.588. The van der Waals surface area contributed by atoms with E-state index in [0.29, 0.717) is 12.2 Å². The SMILES string of the molecule is CCOC(=O)c1ccc(C(C)(C)C)cc1C(C)(C)C. The summed E-state index contributed by atoms with van der Waals surface area (Å²) in [6.07, 6.45) is 0. The molecule has 19 heavy (non-hydrogen) atoms. The van der Waals surface area contributed by atoms with Crippen molar-refractivity contribution in [1.82, 2.24) is 0 Å². The number of hydrogen-bond donors (Lipinski definition) is 0. The van der Waals surface area contributed by atoms with Gasteiger partial charge in [0.15, 0.2) is 0 Å². The van der Waals surface area contributed by atoms with E-state index in [2.05, 4.69) is 47.6 Å². The Labute approximate surface area is 117 Å². The van der Waals surface area contributed by atoms with Crippen LogP contribution in [0.2, 0.25) is 0 Å². The molecule has 0 amide bonds. The van der Waals surface area contributed by atoms with Crippen LogP contribution in [0.15, 0.2) is 18.2 Å². The van der Waals surface area contributed by atoms with E-state index in [-0.39, 0.29) is 16.8 Å². The van der Waals surface area contributed by atoms with Crippen LogP contribution in [0.25, 0.3) is 0 Å². The molecule has 0 bridgehead atoms. The van der Waals surface area contributed by atoms with E-state index in [1.54, 1.807) is 0 Å². The molecule has 0 fully saturated rings. The first kappa shape index (κ1) is 15.7. The summed E-state index contributed by atoms with van der Waals surface area (Å²) in [7, 11) is 0. The van der Waals surface area contributed by atoms with E-state index in [1.807, 2.05) is 19.1 Å². The lowest BCUT2D eigenvalue weighted by molar-refractivity contribution is 0.0523. The van der Waals surface area contributed by atoms with Gasteiger partial charge in [0, 0.05) is 0 Å². The maximum Gasteiger partial charge on any atom is 0.338 e. The van der Waals surface area contributed by atoms with Crippen molar-refractivity contribution in [2.45, 2.75) is 59.3 Å². The minimum Gasteiger partial charge on any atom is -0.462 e. The fourth-order valence-electron chi connectivity index (χ4n) is 2.02. The van der Waals surface area contributed by atoms with Gasteiger partial charge in [-0.15, -0.1) is 0 Å². The molecule has 1 aromatic rings. The standard InChI is InChI=1S/C17H26O2/c1-8-19-15(18)13-10-9-12(16(2,3)4)11-14(13)17(5,6)7/h9-11H,8H2,1-7H3. The van der Waals surface area contributed by atoms with Crippen LogP contribution in [-0.2, 0) is 15.6 Å². The second-order valence-corrected chi connectivity index (χ2v) is 6.98.